The summed E-state index contributed by atoms with van der Waals surface area (Å²) in [4.78, 5) is 25.4. The number of thiocarbonyl (C=S) groups is 1. The molecule has 1 heterocycles. The maximum absolute atomic E-state index is 12.8. The molecule has 0 saturated carbocycles. The van der Waals surface area contributed by atoms with Crippen LogP contribution >= 0.6 is 47.2 Å². The van der Waals surface area contributed by atoms with Gasteiger partial charge in [0.25, 0.3) is 5.91 Å². The molecule has 1 fully saturated rings. The predicted molar refractivity (Wildman–Crippen MR) is 164 cm³/mol. The van der Waals surface area contributed by atoms with Crippen LogP contribution in [0.5, 0.6) is 11.5 Å². The van der Waals surface area contributed by atoms with Gasteiger partial charge in [-0.2, -0.15) is 0 Å². The first-order valence-electron chi connectivity index (χ1n) is 12.6. The fourth-order valence-electron chi connectivity index (χ4n) is 3.99. The zero-order valence-corrected chi connectivity index (χ0v) is 24.6. The zero-order valence-electron chi connectivity index (χ0n) is 21.5. The number of nitrogens with zero attached hydrogens (tertiary/aromatic N) is 1. The van der Waals surface area contributed by atoms with Gasteiger partial charge in [0.05, 0.1) is 18.1 Å². The summed E-state index contributed by atoms with van der Waals surface area (Å²) in [6.45, 7) is 0.494. The molecule has 0 bridgehead atoms. The normalized spacial score (nSPS) is 14.2. The second kappa shape index (κ2) is 14.6. The van der Waals surface area contributed by atoms with Gasteiger partial charge in [0.15, 0.2) is 0 Å². The first kappa shape index (κ1) is 29.9. The zero-order chi connectivity index (χ0) is 28.5. The van der Waals surface area contributed by atoms with Gasteiger partial charge in [-0.15, -0.1) is 0 Å². The van der Waals surface area contributed by atoms with Crippen LogP contribution in [0.4, 0.5) is 0 Å². The fourth-order valence-corrected chi connectivity index (χ4v) is 5.49. The summed E-state index contributed by atoms with van der Waals surface area (Å²) in [5.74, 6) is -0.345. The monoisotopic (exact) mass is 615 g/mol. The highest BCUT2D eigenvalue weighted by Crippen LogP contribution is 2.35. The highest BCUT2D eigenvalue weighted by molar-refractivity contribution is 8.26. The highest BCUT2D eigenvalue weighted by Gasteiger charge is 2.33. The minimum absolute atomic E-state index is 0.213. The number of rotatable bonds is 13. The van der Waals surface area contributed by atoms with Crippen LogP contribution < -0.4 is 9.47 Å². The summed E-state index contributed by atoms with van der Waals surface area (Å²) in [6, 6.07) is 20.9. The molecule has 10 heteroatoms. The van der Waals surface area contributed by atoms with Crippen LogP contribution in [0.25, 0.3) is 6.08 Å². The van der Waals surface area contributed by atoms with Crippen molar-refractivity contribution in [3.8, 4) is 11.5 Å². The Morgan fingerprint density at radius 3 is 2.05 bits per heavy atom. The van der Waals surface area contributed by atoms with Gasteiger partial charge in [-0.25, -0.2) is 0 Å². The molecule has 0 radical (unpaired) electrons. The maximum atomic E-state index is 12.8. The Morgan fingerprint density at radius 2 is 1.48 bits per heavy atom. The number of amides is 1. The predicted octanol–water partition coefficient (Wildman–Crippen LogP) is 7.30. The summed E-state index contributed by atoms with van der Waals surface area (Å²) in [6.07, 6.45) is 4.96. The Kier molecular flexibility index (Phi) is 10.9. The van der Waals surface area contributed by atoms with Gasteiger partial charge in [-0.3, -0.25) is 14.5 Å². The number of aryl methyl sites for hydroxylation is 2. The van der Waals surface area contributed by atoms with Crippen LogP contribution in [0.15, 0.2) is 71.6 Å². The molecule has 1 N–H and O–H groups in total. The van der Waals surface area contributed by atoms with Crippen LogP contribution in [-0.2, 0) is 22.4 Å². The number of hydrogen-bond acceptors (Lipinski definition) is 6. The van der Waals surface area contributed by atoms with Gasteiger partial charge in [-0.1, -0.05) is 71.4 Å². The van der Waals surface area contributed by atoms with Gasteiger partial charge in [0.1, 0.15) is 22.4 Å². The van der Waals surface area contributed by atoms with Crippen molar-refractivity contribution in [2.24, 2.45) is 0 Å². The van der Waals surface area contributed by atoms with E-state index in [-0.39, 0.29) is 4.32 Å². The third-order valence-corrected chi connectivity index (χ3v) is 7.89. The van der Waals surface area contributed by atoms with E-state index in [4.69, 9.17) is 50.0 Å². The molecule has 0 aromatic heterocycles. The lowest BCUT2D eigenvalue weighted by Crippen LogP contribution is -2.33. The van der Waals surface area contributed by atoms with E-state index in [1.807, 2.05) is 66.7 Å². The molecule has 3 aromatic carbocycles. The molecule has 1 amide bonds. The van der Waals surface area contributed by atoms with Crippen LogP contribution in [0.2, 0.25) is 10.0 Å². The van der Waals surface area contributed by atoms with Crippen molar-refractivity contribution in [3.63, 3.8) is 0 Å². The second-order valence-corrected chi connectivity index (χ2v) is 11.6. The molecule has 6 nitrogen and oxygen atoms in total. The Balaban J connectivity index is 1.43. The molecule has 40 heavy (non-hydrogen) atoms. The van der Waals surface area contributed by atoms with Crippen molar-refractivity contribution in [2.75, 3.05) is 19.8 Å². The van der Waals surface area contributed by atoms with E-state index in [1.54, 1.807) is 6.08 Å². The van der Waals surface area contributed by atoms with Crippen LogP contribution in [-0.4, -0.2) is 46.0 Å². The van der Waals surface area contributed by atoms with Crippen molar-refractivity contribution in [2.45, 2.75) is 25.7 Å². The molecule has 0 spiro atoms. The van der Waals surface area contributed by atoms with Gasteiger partial charge in [0, 0.05) is 21.7 Å². The summed E-state index contributed by atoms with van der Waals surface area (Å²) >= 11 is 18.2. The topological polar surface area (TPSA) is 76.1 Å². The smallest absolute Gasteiger partial charge is 0.323 e. The molecular weight excluding hydrogens is 589 g/mol. The molecule has 1 aliphatic rings. The molecule has 208 valence electrons. The Labute approximate surface area is 252 Å². The van der Waals surface area contributed by atoms with E-state index >= 15 is 0 Å². The maximum Gasteiger partial charge on any atom is 0.323 e. The number of carboxylic acid groups (broad SMARTS) is 1. The van der Waals surface area contributed by atoms with Crippen LogP contribution in [0, 0.1) is 0 Å². The van der Waals surface area contributed by atoms with E-state index in [2.05, 4.69) is 0 Å². The fraction of sp³-hybridized carbons (Fsp3) is 0.233. The number of thioether (sulfide) groups is 1. The third-order valence-electron chi connectivity index (χ3n) is 6.01. The van der Waals surface area contributed by atoms with E-state index in [0.29, 0.717) is 45.2 Å². The van der Waals surface area contributed by atoms with Crippen molar-refractivity contribution in [3.05, 3.63) is 98.4 Å². The Hall–Kier alpha value is -3.04. The van der Waals surface area contributed by atoms with Crippen molar-refractivity contribution in [1.82, 2.24) is 4.90 Å². The lowest BCUT2D eigenvalue weighted by atomic mass is 10.1. The largest absolute Gasteiger partial charge is 0.493 e. The molecule has 1 saturated heterocycles. The average molecular weight is 617 g/mol. The number of carboxylic acids is 1. The van der Waals surface area contributed by atoms with Crippen LogP contribution in [0.3, 0.4) is 0 Å². The number of carbonyl (C=O) groups is 2. The number of ether oxygens (including phenoxy) is 2. The molecule has 1 aliphatic heterocycles. The third kappa shape index (κ3) is 8.73. The lowest BCUT2D eigenvalue weighted by Gasteiger charge is -2.13. The first-order chi connectivity index (χ1) is 19.3. The van der Waals surface area contributed by atoms with Gasteiger partial charge < -0.3 is 14.6 Å². The quantitative estimate of drug-likeness (QED) is 0.123. The van der Waals surface area contributed by atoms with E-state index in [0.717, 1.165) is 47.9 Å². The number of aliphatic carboxylic acids is 1. The minimum atomic E-state index is -1.13. The highest BCUT2D eigenvalue weighted by atomic mass is 35.5. The van der Waals surface area contributed by atoms with Crippen LogP contribution in [0.1, 0.15) is 29.5 Å². The molecule has 4 rings (SSSR count). The van der Waals surface area contributed by atoms with E-state index in [9.17, 15) is 9.59 Å². The van der Waals surface area contributed by atoms with Gasteiger partial charge in [-0.05, 0) is 79.3 Å². The standard InChI is InChI=1S/C30H27Cl2NO5S2/c31-23-10-5-20(6-11-23)3-1-15-37-25-14-9-22(17-27-29(36)33(19-28(34)35)30(39)40-27)26(18-25)38-16-2-4-21-7-12-24(32)13-8-21/h5-14,17-18H,1-4,15-16,19H2,(H,34,35)/b27-17-. The Bertz CT molecular complexity index is 1390. The molecular formula is C30H27Cl2NO5S2. The number of carbonyl (C=O) groups excluding carboxylic acids is 1. The molecule has 0 aliphatic carbocycles. The minimum Gasteiger partial charge on any atom is -0.493 e. The summed E-state index contributed by atoms with van der Waals surface area (Å²) < 4.78 is 12.4. The van der Waals surface area contributed by atoms with Gasteiger partial charge in [0.2, 0.25) is 0 Å². The van der Waals surface area contributed by atoms with E-state index in [1.165, 1.54) is 5.56 Å². The van der Waals surface area contributed by atoms with Gasteiger partial charge >= 0.3 is 5.97 Å². The van der Waals surface area contributed by atoms with Crippen molar-refractivity contribution < 1.29 is 24.2 Å². The Morgan fingerprint density at radius 1 is 0.900 bits per heavy atom. The SMILES string of the molecule is O=C(O)CN1C(=O)/C(=C/c2ccc(OCCCc3ccc(Cl)cc3)cc2OCCCc2ccc(Cl)cc2)SC1=S. The number of benzene rings is 3. The number of halogens is 2. The summed E-state index contributed by atoms with van der Waals surface area (Å²) in [5.41, 5.74) is 3.03. The molecule has 0 atom stereocenters. The average Bonchev–Trinajstić information content (AvgIpc) is 3.19. The summed E-state index contributed by atoms with van der Waals surface area (Å²) in [5, 5.41) is 10.5. The molecule has 3 aromatic rings. The van der Waals surface area contributed by atoms with Crippen molar-refractivity contribution in [1.29, 1.82) is 0 Å². The lowest BCUT2D eigenvalue weighted by molar-refractivity contribution is -0.140. The van der Waals surface area contributed by atoms with E-state index < -0.39 is 18.4 Å². The molecule has 0 unspecified atom stereocenters. The van der Waals surface area contributed by atoms with Crippen molar-refractivity contribution >= 4 is 69.5 Å². The number of hydrogen-bond donors (Lipinski definition) is 1. The first-order valence-corrected chi connectivity index (χ1v) is 14.6. The second-order valence-electron chi connectivity index (χ2n) is 9.02. The summed E-state index contributed by atoms with van der Waals surface area (Å²) in [7, 11) is 0.